The van der Waals surface area contributed by atoms with Crippen LogP contribution in [0.5, 0.6) is 5.75 Å². The summed E-state index contributed by atoms with van der Waals surface area (Å²) < 4.78 is 65.0. The van der Waals surface area contributed by atoms with E-state index in [0.29, 0.717) is 0 Å². The first-order chi connectivity index (χ1) is 17.2. The third kappa shape index (κ3) is 7.53. The van der Waals surface area contributed by atoms with Gasteiger partial charge in [-0.1, -0.05) is 36.4 Å². The van der Waals surface area contributed by atoms with E-state index in [1.807, 2.05) is 30.3 Å². The highest BCUT2D eigenvalue weighted by molar-refractivity contribution is 7.91. The molecule has 12 heteroatoms. The average molecular weight is 518 g/mol. The van der Waals surface area contributed by atoms with Crippen LogP contribution in [0.2, 0.25) is 0 Å². The van der Waals surface area contributed by atoms with Crippen LogP contribution in [0, 0.1) is 11.6 Å². The Morgan fingerprint density at radius 2 is 1.72 bits per heavy atom. The number of benzene rings is 3. The molecule has 0 saturated heterocycles. The molecule has 3 N–H and O–H groups in total. The van der Waals surface area contributed by atoms with Crippen LogP contribution in [-0.2, 0) is 14.9 Å². The second-order valence-corrected chi connectivity index (χ2v) is 8.53. The maximum absolute atomic E-state index is 13.4. The van der Waals surface area contributed by atoms with Crippen LogP contribution in [-0.4, -0.2) is 34.1 Å². The number of nitrogens with one attached hydrogen (secondary N) is 3. The molecule has 0 spiro atoms. The molecule has 0 aromatic heterocycles. The fraction of sp³-hybridized carbons (Fsp3) is 0.0833. The number of ether oxygens (including phenoxy) is 2. The highest BCUT2D eigenvalue weighted by Crippen LogP contribution is 2.27. The van der Waals surface area contributed by atoms with Crippen LogP contribution in [0.1, 0.15) is 15.9 Å². The molecule has 0 saturated carbocycles. The lowest BCUT2D eigenvalue weighted by Gasteiger charge is -2.14. The lowest BCUT2D eigenvalue weighted by molar-refractivity contribution is 0.102. The summed E-state index contributed by atoms with van der Waals surface area (Å²) in [5, 5.41) is 2.37. The highest BCUT2D eigenvalue weighted by atomic mass is 32.2. The van der Waals surface area contributed by atoms with Crippen molar-refractivity contribution in [2.75, 3.05) is 23.8 Å². The van der Waals surface area contributed by atoms with Gasteiger partial charge in [-0.15, -0.1) is 0 Å². The molecule has 0 bridgehead atoms. The molecule has 0 aliphatic carbocycles. The number of rotatable bonds is 9. The molecular weight excluding hydrogens is 496 g/mol. The molecule has 0 unspecified atom stereocenters. The van der Waals surface area contributed by atoms with Gasteiger partial charge in [0.1, 0.15) is 12.4 Å². The van der Waals surface area contributed by atoms with E-state index in [0.717, 1.165) is 29.8 Å². The summed E-state index contributed by atoms with van der Waals surface area (Å²) in [6, 6.07) is 15.8. The molecular formula is C24H21F2N3O6S. The smallest absolute Gasteiger partial charge is 0.422 e. The molecule has 0 heterocycles. The van der Waals surface area contributed by atoms with Gasteiger partial charge in [-0.2, -0.15) is 8.42 Å². The van der Waals surface area contributed by atoms with Gasteiger partial charge in [-0.3, -0.25) is 9.52 Å². The zero-order valence-corrected chi connectivity index (χ0v) is 19.6. The van der Waals surface area contributed by atoms with E-state index in [4.69, 9.17) is 9.47 Å². The van der Waals surface area contributed by atoms with Crippen LogP contribution in [0.25, 0.3) is 6.08 Å². The number of carbonyl (C=O) groups is 2. The Morgan fingerprint density at radius 1 is 0.972 bits per heavy atom. The summed E-state index contributed by atoms with van der Waals surface area (Å²) in [6.07, 6.45) is 2.00. The summed E-state index contributed by atoms with van der Waals surface area (Å²) in [5.74, 6) is -2.91. The SMILES string of the molecule is COc1ccc(C(=O)Nc2ccc(F)c(F)c2)cc1NS(=O)(=O)NC(=O)OCC=Cc1ccccc1. The van der Waals surface area contributed by atoms with Crippen LogP contribution < -0.4 is 19.5 Å². The Balaban J connectivity index is 1.64. The molecule has 3 aromatic carbocycles. The number of anilines is 2. The second kappa shape index (κ2) is 11.8. The van der Waals surface area contributed by atoms with Crippen molar-refractivity contribution in [3.8, 4) is 5.75 Å². The van der Waals surface area contributed by atoms with E-state index >= 15 is 0 Å². The zero-order valence-electron chi connectivity index (χ0n) is 18.8. The molecule has 0 aliphatic rings. The molecule has 2 amide bonds. The van der Waals surface area contributed by atoms with Gasteiger partial charge in [0, 0.05) is 17.3 Å². The summed E-state index contributed by atoms with van der Waals surface area (Å²) in [4.78, 5) is 24.4. The normalized spacial score (nSPS) is 11.1. The van der Waals surface area contributed by atoms with E-state index in [1.54, 1.807) is 10.8 Å². The molecule has 36 heavy (non-hydrogen) atoms. The van der Waals surface area contributed by atoms with E-state index in [-0.39, 0.29) is 29.3 Å². The highest BCUT2D eigenvalue weighted by Gasteiger charge is 2.19. The maximum atomic E-state index is 13.4. The lowest BCUT2D eigenvalue weighted by atomic mass is 10.1. The number of hydrogen-bond acceptors (Lipinski definition) is 6. The quantitative estimate of drug-likeness (QED) is 0.389. The van der Waals surface area contributed by atoms with E-state index in [9.17, 15) is 26.8 Å². The van der Waals surface area contributed by atoms with Crippen molar-refractivity contribution in [3.63, 3.8) is 0 Å². The zero-order chi connectivity index (χ0) is 26.1. The monoisotopic (exact) mass is 517 g/mol. The minimum Gasteiger partial charge on any atom is -0.495 e. The van der Waals surface area contributed by atoms with Gasteiger partial charge < -0.3 is 14.8 Å². The Hall–Kier alpha value is -4.45. The summed E-state index contributed by atoms with van der Waals surface area (Å²) in [6.45, 7) is -0.181. The van der Waals surface area contributed by atoms with Crippen LogP contribution in [0.4, 0.5) is 25.0 Å². The molecule has 188 valence electrons. The number of hydrogen-bond donors (Lipinski definition) is 3. The van der Waals surface area contributed by atoms with Gasteiger partial charge >= 0.3 is 16.3 Å². The molecule has 3 aromatic rings. The van der Waals surface area contributed by atoms with Crippen molar-refractivity contribution in [1.29, 1.82) is 0 Å². The van der Waals surface area contributed by atoms with Gasteiger partial charge in [0.15, 0.2) is 11.6 Å². The Morgan fingerprint density at radius 3 is 2.42 bits per heavy atom. The van der Waals surface area contributed by atoms with Gasteiger partial charge in [-0.05, 0) is 42.0 Å². The predicted octanol–water partition coefficient (Wildman–Crippen LogP) is 4.32. The summed E-state index contributed by atoms with van der Waals surface area (Å²) >= 11 is 0. The van der Waals surface area contributed by atoms with Crippen molar-refractivity contribution in [3.05, 3.63) is 95.6 Å². The van der Waals surface area contributed by atoms with Crippen molar-refractivity contribution in [2.24, 2.45) is 0 Å². The summed E-state index contributed by atoms with van der Waals surface area (Å²) in [7, 11) is -3.20. The third-order valence-electron chi connectivity index (χ3n) is 4.52. The van der Waals surface area contributed by atoms with E-state index in [1.165, 1.54) is 25.3 Å². The molecule has 0 atom stereocenters. The first-order valence-corrected chi connectivity index (χ1v) is 11.8. The van der Waals surface area contributed by atoms with Crippen molar-refractivity contribution < 1.29 is 36.3 Å². The second-order valence-electron chi connectivity index (χ2n) is 7.12. The van der Waals surface area contributed by atoms with Crippen LogP contribution >= 0.6 is 0 Å². The fourth-order valence-corrected chi connectivity index (χ4v) is 3.67. The minimum atomic E-state index is -4.47. The number of halogens is 2. The van der Waals surface area contributed by atoms with Gasteiger partial charge in [0.05, 0.1) is 12.8 Å². The number of methoxy groups -OCH3 is 1. The minimum absolute atomic E-state index is 0.0115. The Labute approximate surface area is 205 Å². The molecule has 0 fully saturated rings. The first kappa shape index (κ1) is 26.2. The van der Waals surface area contributed by atoms with Crippen molar-refractivity contribution in [1.82, 2.24) is 4.72 Å². The Kier molecular flexibility index (Phi) is 8.57. The Bertz CT molecular complexity index is 1380. The van der Waals surface area contributed by atoms with Gasteiger partial charge in [0.25, 0.3) is 5.91 Å². The predicted molar refractivity (Wildman–Crippen MR) is 130 cm³/mol. The number of carbonyl (C=O) groups excluding carboxylic acids is 2. The standard InChI is InChI=1S/C24H21F2N3O6S/c1-34-22-12-9-17(23(30)27-18-10-11-19(25)20(26)15-18)14-21(22)28-36(32,33)29-24(31)35-13-5-8-16-6-3-2-4-7-16/h2-12,14-15,28H,13H2,1H3,(H,27,30)(H,29,31). The largest absolute Gasteiger partial charge is 0.495 e. The number of amides is 2. The molecule has 3 rings (SSSR count). The maximum Gasteiger partial charge on any atom is 0.422 e. The average Bonchev–Trinajstić information content (AvgIpc) is 2.84. The van der Waals surface area contributed by atoms with Gasteiger partial charge in [0.2, 0.25) is 0 Å². The van der Waals surface area contributed by atoms with Crippen LogP contribution in [0.15, 0.2) is 72.8 Å². The van der Waals surface area contributed by atoms with E-state index in [2.05, 4.69) is 10.0 Å². The lowest BCUT2D eigenvalue weighted by Crippen LogP contribution is -2.36. The molecule has 0 radical (unpaired) electrons. The van der Waals surface area contributed by atoms with E-state index < -0.39 is 33.8 Å². The summed E-state index contributed by atoms with van der Waals surface area (Å²) in [5.41, 5.74) is 0.658. The van der Waals surface area contributed by atoms with Crippen molar-refractivity contribution >= 4 is 39.7 Å². The molecule has 9 nitrogen and oxygen atoms in total. The first-order valence-electron chi connectivity index (χ1n) is 10.3. The topological polar surface area (TPSA) is 123 Å². The van der Waals surface area contributed by atoms with Crippen LogP contribution in [0.3, 0.4) is 0 Å². The van der Waals surface area contributed by atoms with Crippen molar-refractivity contribution in [2.45, 2.75) is 0 Å². The molecule has 0 aliphatic heterocycles. The fourth-order valence-electron chi connectivity index (χ4n) is 2.89. The third-order valence-corrected chi connectivity index (χ3v) is 5.45. The van der Waals surface area contributed by atoms with Gasteiger partial charge in [-0.25, -0.2) is 18.3 Å².